The lowest BCUT2D eigenvalue weighted by Crippen LogP contribution is -2.41. The average molecular weight is 467 g/mol. The Bertz CT molecular complexity index is 1240. The predicted molar refractivity (Wildman–Crippen MR) is 131 cm³/mol. The van der Waals surface area contributed by atoms with Crippen LogP contribution in [0, 0.1) is 20.8 Å². The number of carbonyl (C=O) groups is 1. The first-order chi connectivity index (χ1) is 15.6. The Morgan fingerprint density at radius 2 is 1.67 bits per heavy atom. The molecule has 0 unspecified atom stereocenters. The van der Waals surface area contributed by atoms with Crippen molar-refractivity contribution in [2.75, 3.05) is 18.0 Å². The van der Waals surface area contributed by atoms with Gasteiger partial charge in [0.2, 0.25) is 5.91 Å². The van der Waals surface area contributed by atoms with Gasteiger partial charge in [0.15, 0.2) is 0 Å². The zero-order valence-corrected chi connectivity index (χ0v) is 20.4. The number of sulfonamides is 1. The van der Waals surface area contributed by atoms with Crippen LogP contribution in [0.1, 0.15) is 35.2 Å². The van der Waals surface area contributed by atoms with Crippen molar-refractivity contribution in [2.24, 2.45) is 0 Å². The molecule has 0 fully saturated rings. The van der Waals surface area contributed by atoms with Gasteiger partial charge < -0.3 is 10.1 Å². The second kappa shape index (κ2) is 10.1. The quantitative estimate of drug-likeness (QED) is 0.522. The number of ether oxygens (including phenoxy) is 1. The Morgan fingerprint density at radius 3 is 2.30 bits per heavy atom. The molecule has 0 aliphatic heterocycles. The van der Waals surface area contributed by atoms with Gasteiger partial charge in [-0.25, -0.2) is 8.42 Å². The van der Waals surface area contributed by atoms with Crippen LogP contribution in [0.3, 0.4) is 0 Å². The molecule has 0 aliphatic rings. The van der Waals surface area contributed by atoms with E-state index in [-0.39, 0.29) is 23.2 Å². The van der Waals surface area contributed by atoms with Crippen LogP contribution in [0.5, 0.6) is 5.75 Å². The second-order valence-electron chi connectivity index (χ2n) is 8.13. The third kappa shape index (κ3) is 5.54. The Labute approximate surface area is 196 Å². The summed E-state index contributed by atoms with van der Waals surface area (Å²) in [6.07, 6.45) is 0. The maximum Gasteiger partial charge on any atom is 0.268 e. The van der Waals surface area contributed by atoms with Gasteiger partial charge in [-0.1, -0.05) is 42.5 Å². The first-order valence-electron chi connectivity index (χ1n) is 10.7. The van der Waals surface area contributed by atoms with E-state index in [1.165, 1.54) is 7.11 Å². The first kappa shape index (κ1) is 24.3. The fourth-order valence-electron chi connectivity index (χ4n) is 3.54. The first-order valence-corrected chi connectivity index (χ1v) is 12.2. The third-order valence-corrected chi connectivity index (χ3v) is 7.42. The van der Waals surface area contributed by atoms with Crippen LogP contribution in [-0.2, 0) is 14.8 Å². The Kier molecular flexibility index (Phi) is 7.43. The molecule has 0 spiro atoms. The van der Waals surface area contributed by atoms with Gasteiger partial charge in [0.05, 0.1) is 18.8 Å². The summed E-state index contributed by atoms with van der Waals surface area (Å²) in [5.41, 5.74) is 4.10. The largest absolute Gasteiger partial charge is 0.495 e. The Morgan fingerprint density at radius 1 is 0.970 bits per heavy atom. The molecule has 6 nitrogen and oxygen atoms in total. The van der Waals surface area contributed by atoms with Gasteiger partial charge in [-0.3, -0.25) is 9.10 Å². The minimum Gasteiger partial charge on any atom is -0.495 e. The normalized spacial score (nSPS) is 12.2. The summed E-state index contributed by atoms with van der Waals surface area (Å²) in [5, 5.41) is 2.91. The van der Waals surface area contributed by atoms with E-state index >= 15 is 0 Å². The van der Waals surface area contributed by atoms with E-state index in [0.29, 0.717) is 5.69 Å². The van der Waals surface area contributed by atoms with Gasteiger partial charge in [-0.05, 0) is 74.2 Å². The molecule has 3 aromatic carbocycles. The van der Waals surface area contributed by atoms with Crippen molar-refractivity contribution in [3.05, 3.63) is 89.0 Å². The number of hydrogen-bond acceptors (Lipinski definition) is 4. The number of carbonyl (C=O) groups excluding carboxylic acids is 1. The van der Waals surface area contributed by atoms with Crippen LogP contribution in [0.2, 0.25) is 0 Å². The highest BCUT2D eigenvalue weighted by Crippen LogP contribution is 2.31. The van der Waals surface area contributed by atoms with Crippen LogP contribution >= 0.6 is 0 Å². The molecule has 174 valence electrons. The smallest absolute Gasteiger partial charge is 0.268 e. The minimum atomic E-state index is -4.10. The van der Waals surface area contributed by atoms with Crippen molar-refractivity contribution in [3.8, 4) is 5.75 Å². The molecule has 3 rings (SSSR count). The zero-order chi connectivity index (χ0) is 24.2. The highest BCUT2D eigenvalue weighted by atomic mass is 32.2. The number of amides is 1. The predicted octanol–water partition coefficient (Wildman–Crippen LogP) is 4.69. The Hall–Kier alpha value is -3.32. The fraction of sp³-hybridized carbons (Fsp3) is 0.269. The van der Waals surface area contributed by atoms with Crippen molar-refractivity contribution < 1.29 is 17.9 Å². The van der Waals surface area contributed by atoms with Gasteiger partial charge in [-0.15, -0.1) is 0 Å². The van der Waals surface area contributed by atoms with E-state index in [2.05, 4.69) is 5.32 Å². The average Bonchev–Trinajstić information content (AvgIpc) is 2.79. The van der Waals surface area contributed by atoms with E-state index in [9.17, 15) is 13.2 Å². The lowest BCUT2D eigenvalue weighted by Gasteiger charge is -2.26. The van der Waals surface area contributed by atoms with Crippen LogP contribution in [0.4, 0.5) is 5.69 Å². The number of aryl methyl sites for hydroxylation is 3. The fourth-order valence-corrected chi connectivity index (χ4v) is 5.20. The summed E-state index contributed by atoms with van der Waals surface area (Å²) in [5.74, 6) is -0.174. The monoisotopic (exact) mass is 466 g/mol. The summed E-state index contributed by atoms with van der Waals surface area (Å²) in [7, 11) is -2.67. The van der Waals surface area contributed by atoms with Crippen LogP contribution in [0.15, 0.2) is 71.6 Å². The van der Waals surface area contributed by atoms with Gasteiger partial charge in [0.25, 0.3) is 10.0 Å². The SMILES string of the molecule is COc1ccc(C)cc1S(=O)(=O)N(CC(=O)N[C@@H](C)c1ccccc1)c1ccc(C)c(C)c1. The van der Waals surface area contributed by atoms with Gasteiger partial charge in [0, 0.05) is 0 Å². The van der Waals surface area contributed by atoms with E-state index in [1.54, 1.807) is 30.3 Å². The van der Waals surface area contributed by atoms with E-state index in [1.807, 2.05) is 64.1 Å². The number of nitrogens with one attached hydrogen (secondary N) is 1. The molecule has 1 N–H and O–H groups in total. The summed E-state index contributed by atoms with van der Waals surface area (Å²) in [6, 6.07) is 19.6. The molecule has 0 aliphatic carbocycles. The summed E-state index contributed by atoms with van der Waals surface area (Å²) in [4.78, 5) is 13.0. The molecule has 0 saturated carbocycles. The molecule has 0 heterocycles. The van der Waals surface area contributed by atoms with Crippen molar-refractivity contribution in [2.45, 2.75) is 38.6 Å². The molecular formula is C26H30N2O4S. The van der Waals surface area contributed by atoms with Crippen molar-refractivity contribution in [3.63, 3.8) is 0 Å². The number of benzene rings is 3. The number of anilines is 1. The number of nitrogens with zero attached hydrogens (tertiary/aromatic N) is 1. The Balaban J connectivity index is 2.00. The minimum absolute atomic E-state index is 0.0205. The maximum atomic E-state index is 13.8. The molecule has 1 amide bonds. The molecule has 33 heavy (non-hydrogen) atoms. The lowest BCUT2D eigenvalue weighted by atomic mass is 10.1. The highest BCUT2D eigenvalue weighted by molar-refractivity contribution is 7.93. The maximum absolute atomic E-state index is 13.8. The summed E-state index contributed by atoms with van der Waals surface area (Å²) in [6.45, 7) is 7.18. The van der Waals surface area contributed by atoms with Gasteiger partial charge in [-0.2, -0.15) is 0 Å². The van der Waals surface area contributed by atoms with Crippen molar-refractivity contribution in [1.29, 1.82) is 0 Å². The molecule has 1 atom stereocenters. The summed E-state index contributed by atoms with van der Waals surface area (Å²) < 4.78 is 34.1. The van der Waals surface area contributed by atoms with E-state index < -0.39 is 15.9 Å². The van der Waals surface area contributed by atoms with E-state index in [4.69, 9.17) is 4.74 Å². The second-order valence-corrected chi connectivity index (χ2v) is 9.97. The standard InChI is InChI=1S/C26H30N2O4S/c1-18-11-14-24(32-5)25(15-18)33(30,31)28(23-13-12-19(2)20(3)16-23)17-26(29)27-21(4)22-9-7-6-8-10-22/h6-16,21H,17H2,1-5H3,(H,27,29)/t21-/m0/s1. The molecule has 7 heteroatoms. The molecule has 0 aromatic heterocycles. The number of methoxy groups -OCH3 is 1. The zero-order valence-electron chi connectivity index (χ0n) is 19.6. The molecular weight excluding hydrogens is 436 g/mol. The number of rotatable bonds is 8. The van der Waals surface area contributed by atoms with Gasteiger partial charge in [0.1, 0.15) is 17.2 Å². The van der Waals surface area contributed by atoms with Crippen molar-refractivity contribution in [1.82, 2.24) is 5.32 Å². The highest BCUT2D eigenvalue weighted by Gasteiger charge is 2.30. The van der Waals surface area contributed by atoms with Crippen LogP contribution in [-0.4, -0.2) is 28.0 Å². The third-order valence-electron chi connectivity index (χ3n) is 5.63. The van der Waals surface area contributed by atoms with Gasteiger partial charge >= 0.3 is 0 Å². The number of hydrogen-bond donors (Lipinski definition) is 1. The van der Waals surface area contributed by atoms with Crippen LogP contribution < -0.4 is 14.4 Å². The molecule has 0 saturated heterocycles. The molecule has 0 bridgehead atoms. The molecule has 3 aromatic rings. The lowest BCUT2D eigenvalue weighted by molar-refractivity contribution is -0.120. The van der Waals surface area contributed by atoms with Crippen LogP contribution in [0.25, 0.3) is 0 Å². The van der Waals surface area contributed by atoms with E-state index in [0.717, 1.165) is 26.6 Å². The topological polar surface area (TPSA) is 75.7 Å². The summed E-state index contributed by atoms with van der Waals surface area (Å²) >= 11 is 0. The van der Waals surface area contributed by atoms with Crippen molar-refractivity contribution >= 4 is 21.6 Å². The molecule has 0 radical (unpaired) electrons.